The molecule has 0 aromatic heterocycles. The Hall–Kier alpha value is -2.31. The number of rotatable bonds is 4. The third kappa shape index (κ3) is 2.98. The Morgan fingerprint density at radius 1 is 1.20 bits per heavy atom. The van der Waals surface area contributed by atoms with Gasteiger partial charge in [0.05, 0.1) is 12.2 Å². The van der Waals surface area contributed by atoms with Crippen LogP contribution in [0.25, 0.3) is 11.1 Å². The highest BCUT2D eigenvalue weighted by atomic mass is 19.1. The first kappa shape index (κ1) is 14.1. The Balaban J connectivity index is 2.57. The minimum atomic E-state index is -1.16. The number of hydrogen-bond acceptors (Lipinski definition) is 3. The van der Waals surface area contributed by atoms with Gasteiger partial charge in [-0.05, 0) is 41.5 Å². The molecule has 3 N–H and O–H groups in total. The minimum absolute atomic E-state index is 0.0169. The van der Waals surface area contributed by atoms with Crippen molar-refractivity contribution in [3.8, 4) is 11.1 Å². The first-order valence-corrected chi connectivity index (χ1v) is 5.65. The van der Waals surface area contributed by atoms with Gasteiger partial charge in [0.1, 0.15) is 11.6 Å². The van der Waals surface area contributed by atoms with Crippen LogP contribution in [0.5, 0.6) is 0 Å². The molecule has 0 saturated carbocycles. The molecular formula is C14H11F2NO3. The summed E-state index contributed by atoms with van der Waals surface area (Å²) < 4.78 is 26.6. The van der Waals surface area contributed by atoms with Gasteiger partial charge in [0.15, 0.2) is 0 Å². The lowest BCUT2D eigenvalue weighted by atomic mass is 9.99. The highest BCUT2D eigenvalue weighted by molar-refractivity contribution is 5.89. The Bertz CT molecular complexity index is 659. The highest BCUT2D eigenvalue weighted by Crippen LogP contribution is 2.26. The van der Waals surface area contributed by atoms with Crippen LogP contribution in [0.3, 0.4) is 0 Å². The Kier molecular flexibility index (Phi) is 4.07. The lowest BCUT2D eigenvalue weighted by Gasteiger charge is -2.08. The maximum Gasteiger partial charge on any atom is 0.335 e. The van der Waals surface area contributed by atoms with E-state index in [1.807, 2.05) is 0 Å². The van der Waals surface area contributed by atoms with E-state index in [9.17, 15) is 13.6 Å². The van der Waals surface area contributed by atoms with Gasteiger partial charge in [-0.3, -0.25) is 4.84 Å². The normalized spacial score (nSPS) is 10.6. The van der Waals surface area contributed by atoms with Crippen molar-refractivity contribution in [3.63, 3.8) is 0 Å². The number of carboxylic acid groups (broad SMARTS) is 1. The van der Waals surface area contributed by atoms with Gasteiger partial charge in [0.2, 0.25) is 0 Å². The van der Waals surface area contributed by atoms with Crippen LogP contribution in [0.15, 0.2) is 36.4 Å². The standard InChI is InChI=1S/C14H11F2NO3/c15-11-1-2-12(13(16)6-11)9-3-8(7-20-17)4-10(5-9)14(18)19/h1-6H,7,17H2,(H,18,19). The van der Waals surface area contributed by atoms with Gasteiger partial charge in [-0.2, -0.15) is 0 Å². The predicted octanol–water partition coefficient (Wildman–Crippen LogP) is 2.72. The third-order valence-corrected chi connectivity index (χ3v) is 2.73. The molecule has 0 aliphatic rings. The molecular weight excluding hydrogens is 268 g/mol. The van der Waals surface area contributed by atoms with Crippen LogP contribution in [-0.2, 0) is 11.4 Å². The van der Waals surface area contributed by atoms with E-state index in [1.54, 1.807) is 0 Å². The third-order valence-electron chi connectivity index (χ3n) is 2.73. The summed E-state index contributed by atoms with van der Waals surface area (Å²) in [6.45, 7) is -0.0169. The van der Waals surface area contributed by atoms with E-state index >= 15 is 0 Å². The van der Waals surface area contributed by atoms with Crippen molar-refractivity contribution in [1.82, 2.24) is 0 Å². The number of aromatic carboxylic acids is 1. The van der Waals surface area contributed by atoms with Crippen LogP contribution >= 0.6 is 0 Å². The van der Waals surface area contributed by atoms with E-state index in [0.717, 1.165) is 12.1 Å². The summed E-state index contributed by atoms with van der Waals surface area (Å²) in [5.74, 6) is 2.32. The van der Waals surface area contributed by atoms with Crippen molar-refractivity contribution in [2.24, 2.45) is 5.90 Å². The molecule has 6 heteroatoms. The van der Waals surface area contributed by atoms with Crippen LogP contribution < -0.4 is 5.90 Å². The summed E-state index contributed by atoms with van der Waals surface area (Å²) in [5.41, 5.74) is 0.867. The van der Waals surface area contributed by atoms with Crippen LogP contribution in [0.4, 0.5) is 8.78 Å². The predicted molar refractivity (Wildman–Crippen MR) is 67.7 cm³/mol. The Morgan fingerprint density at radius 3 is 2.55 bits per heavy atom. The second kappa shape index (κ2) is 5.77. The van der Waals surface area contributed by atoms with Crippen molar-refractivity contribution < 1.29 is 23.5 Å². The zero-order valence-electron chi connectivity index (χ0n) is 10.3. The SMILES string of the molecule is NOCc1cc(C(=O)O)cc(-c2ccc(F)cc2F)c1. The molecule has 0 fully saturated rings. The summed E-state index contributed by atoms with van der Waals surface area (Å²) in [6, 6.07) is 7.31. The fourth-order valence-corrected chi connectivity index (χ4v) is 1.87. The molecule has 0 spiro atoms. The second-order valence-corrected chi connectivity index (χ2v) is 4.16. The monoisotopic (exact) mass is 279 g/mol. The Labute approximate surface area is 113 Å². The molecule has 0 amide bonds. The van der Waals surface area contributed by atoms with Crippen molar-refractivity contribution >= 4 is 5.97 Å². The molecule has 2 aromatic rings. The number of benzene rings is 2. The van der Waals surface area contributed by atoms with Gasteiger partial charge in [-0.15, -0.1) is 0 Å². The number of hydrogen-bond donors (Lipinski definition) is 2. The molecule has 0 bridgehead atoms. The highest BCUT2D eigenvalue weighted by Gasteiger charge is 2.12. The number of nitrogens with two attached hydrogens (primary N) is 1. The molecule has 0 heterocycles. The first-order chi connectivity index (χ1) is 9.51. The van der Waals surface area contributed by atoms with Gasteiger partial charge in [0.25, 0.3) is 0 Å². The van der Waals surface area contributed by atoms with Gasteiger partial charge in [-0.25, -0.2) is 19.5 Å². The smallest absolute Gasteiger partial charge is 0.335 e. The zero-order chi connectivity index (χ0) is 14.7. The van der Waals surface area contributed by atoms with E-state index in [4.69, 9.17) is 11.0 Å². The molecule has 0 atom stereocenters. The van der Waals surface area contributed by atoms with Gasteiger partial charge >= 0.3 is 5.97 Å². The fourth-order valence-electron chi connectivity index (χ4n) is 1.87. The average molecular weight is 279 g/mol. The van der Waals surface area contributed by atoms with Crippen molar-refractivity contribution in [2.75, 3.05) is 0 Å². The van der Waals surface area contributed by atoms with Gasteiger partial charge in [-0.1, -0.05) is 0 Å². The van der Waals surface area contributed by atoms with E-state index < -0.39 is 17.6 Å². The molecule has 0 aliphatic carbocycles. The Morgan fingerprint density at radius 2 is 1.95 bits per heavy atom. The molecule has 20 heavy (non-hydrogen) atoms. The van der Waals surface area contributed by atoms with Gasteiger partial charge in [0, 0.05) is 11.6 Å². The summed E-state index contributed by atoms with van der Waals surface area (Å²) in [4.78, 5) is 15.5. The topological polar surface area (TPSA) is 72.5 Å². The van der Waals surface area contributed by atoms with E-state index in [0.29, 0.717) is 11.1 Å². The van der Waals surface area contributed by atoms with Crippen LogP contribution in [0, 0.1) is 11.6 Å². The zero-order valence-corrected chi connectivity index (χ0v) is 10.3. The van der Waals surface area contributed by atoms with Crippen LogP contribution in [0.2, 0.25) is 0 Å². The van der Waals surface area contributed by atoms with Crippen LogP contribution in [0.1, 0.15) is 15.9 Å². The summed E-state index contributed by atoms with van der Waals surface area (Å²) in [5, 5.41) is 9.04. The molecule has 104 valence electrons. The quantitative estimate of drug-likeness (QED) is 0.844. The summed E-state index contributed by atoms with van der Waals surface area (Å²) in [7, 11) is 0. The number of halogens is 2. The fraction of sp³-hybridized carbons (Fsp3) is 0.0714. The van der Waals surface area contributed by atoms with Gasteiger partial charge < -0.3 is 5.11 Å². The van der Waals surface area contributed by atoms with Crippen molar-refractivity contribution in [1.29, 1.82) is 0 Å². The molecule has 0 unspecified atom stereocenters. The molecule has 0 radical (unpaired) electrons. The van der Waals surface area contributed by atoms with Crippen molar-refractivity contribution in [3.05, 3.63) is 59.2 Å². The molecule has 0 aliphatic heterocycles. The summed E-state index contributed by atoms with van der Waals surface area (Å²) >= 11 is 0. The molecule has 0 saturated heterocycles. The first-order valence-electron chi connectivity index (χ1n) is 5.65. The average Bonchev–Trinajstić information content (AvgIpc) is 2.38. The minimum Gasteiger partial charge on any atom is -0.478 e. The lowest BCUT2D eigenvalue weighted by Crippen LogP contribution is -2.03. The number of carboxylic acids is 1. The van der Waals surface area contributed by atoms with E-state index in [-0.39, 0.29) is 17.7 Å². The van der Waals surface area contributed by atoms with Crippen molar-refractivity contribution in [2.45, 2.75) is 6.61 Å². The molecule has 2 aromatic carbocycles. The maximum atomic E-state index is 13.7. The molecule has 4 nitrogen and oxygen atoms in total. The lowest BCUT2D eigenvalue weighted by molar-refractivity contribution is 0.0696. The number of carbonyl (C=O) groups is 1. The van der Waals surface area contributed by atoms with E-state index in [1.165, 1.54) is 24.3 Å². The molecule has 2 rings (SSSR count). The second-order valence-electron chi connectivity index (χ2n) is 4.16. The summed E-state index contributed by atoms with van der Waals surface area (Å²) in [6.07, 6.45) is 0. The maximum absolute atomic E-state index is 13.7. The van der Waals surface area contributed by atoms with E-state index in [2.05, 4.69) is 4.84 Å². The largest absolute Gasteiger partial charge is 0.478 e. The van der Waals surface area contributed by atoms with Crippen LogP contribution in [-0.4, -0.2) is 11.1 Å².